The predicted octanol–water partition coefficient (Wildman–Crippen LogP) is 2.17. The van der Waals surface area contributed by atoms with Crippen LogP contribution in [-0.2, 0) is 11.3 Å². The number of halogens is 1. The molecule has 0 spiro atoms. The zero-order valence-electron chi connectivity index (χ0n) is 9.76. The summed E-state index contributed by atoms with van der Waals surface area (Å²) in [6.45, 7) is 4.44. The van der Waals surface area contributed by atoms with Gasteiger partial charge in [-0.15, -0.1) is 11.6 Å². The number of hydrogen-bond donors (Lipinski definition) is 1. The van der Waals surface area contributed by atoms with Crippen molar-refractivity contribution in [1.29, 1.82) is 0 Å². The van der Waals surface area contributed by atoms with Gasteiger partial charge in [0.15, 0.2) is 0 Å². The summed E-state index contributed by atoms with van der Waals surface area (Å²) in [7, 11) is 1.63. The van der Waals surface area contributed by atoms with Crippen molar-refractivity contribution in [3.8, 4) is 5.75 Å². The molecule has 0 aliphatic carbocycles. The molecular weight excluding hydrogens is 226 g/mol. The largest absolute Gasteiger partial charge is 0.496 e. The van der Waals surface area contributed by atoms with Crippen LogP contribution in [0.5, 0.6) is 5.75 Å². The van der Waals surface area contributed by atoms with Gasteiger partial charge in [0.2, 0.25) is 5.91 Å². The van der Waals surface area contributed by atoms with Gasteiger partial charge in [0, 0.05) is 12.1 Å². The third-order valence-corrected chi connectivity index (χ3v) is 2.54. The van der Waals surface area contributed by atoms with Crippen molar-refractivity contribution in [2.75, 3.05) is 13.0 Å². The van der Waals surface area contributed by atoms with Crippen LogP contribution in [-0.4, -0.2) is 18.9 Å². The third kappa shape index (κ3) is 3.14. The second-order valence-corrected chi connectivity index (χ2v) is 3.95. The Morgan fingerprint density at radius 1 is 1.44 bits per heavy atom. The molecule has 0 aromatic heterocycles. The fourth-order valence-corrected chi connectivity index (χ4v) is 1.80. The zero-order chi connectivity index (χ0) is 12.1. The van der Waals surface area contributed by atoms with E-state index in [0.29, 0.717) is 6.54 Å². The van der Waals surface area contributed by atoms with E-state index >= 15 is 0 Å². The van der Waals surface area contributed by atoms with Gasteiger partial charge in [0.1, 0.15) is 11.6 Å². The number of alkyl halides is 1. The van der Waals surface area contributed by atoms with Crippen LogP contribution in [0.25, 0.3) is 0 Å². The number of nitrogens with one attached hydrogen (secondary N) is 1. The molecule has 0 fully saturated rings. The van der Waals surface area contributed by atoms with Crippen LogP contribution in [0.15, 0.2) is 12.1 Å². The molecule has 0 aliphatic heterocycles. The summed E-state index contributed by atoms with van der Waals surface area (Å²) >= 11 is 5.41. The molecule has 0 aliphatic rings. The molecule has 0 radical (unpaired) electrons. The molecule has 1 aromatic rings. The van der Waals surface area contributed by atoms with E-state index in [9.17, 15) is 4.79 Å². The topological polar surface area (TPSA) is 38.3 Å². The first-order valence-electron chi connectivity index (χ1n) is 5.05. The van der Waals surface area contributed by atoms with Crippen molar-refractivity contribution >= 4 is 17.5 Å². The van der Waals surface area contributed by atoms with Crippen molar-refractivity contribution in [2.45, 2.75) is 20.4 Å². The van der Waals surface area contributed by atoms with E-state index in [2.05, 4.69) is 5.32 Å². The first-order chi connectivity index (χ1) is 7.58. The Morgan fingerprint density at radius 3 is 2.69 bits per heavy atom. The van der Waals surface area contributed by atoms with E-state index in [1.54, 1.807) is 7.11 Å². The van der Waals surface area contributed by atoms with Crippen LogP contribution in [0.2, 0.25) is 0 Å². The molecule has 1 amide bonds. The van der Waals surface area contributed by atoms with E-state index in [1.807, 2.05) is 26.0 Å². The van der Waals surface area contributed by atoms with E-state index in [0.717, 1.165) is 22.4 Å². The van der Waals surface area contributed by atoms with Gasteiger partial charge >= 0.3 is 0 Å². The molecule has 1 N–H and O–H groups in total. The Kier molecular flexibility index (Phi) is 4.62. The number of benzene rings is 1. The van der Waals surface area contributed by atoms with Crippen LogP contribution >= 0.6 is 11.6 Å². The number of ether oxygens (including phenoxy) is 1. The summed E-state index contributed by atoms with van der Waals surface area (Å²) in [5.41, 5.74) is 3.18. The van der Waals surface area contributed by atoms with Gasteiger partial charge in [0.25, 0.3) is 0 Å². The molecule has 0 atom stereocenters. The van der Waals surface area contributed by atoms with E-state index in [1.165, 1.54) is 0 Å². The molecule has 16 heavy (non-hydrogen) atoms. The van der Waals surface area contributed by atoms with Crippen LogP contribution in [0.4, 0.5) is 0 Å². The summed E-state index contributed by atoms with van der Waals surface area (Å²) in [5.74, 6) is 0.621. The standard InChI is InChI=1S/C12H16ClNO2/c1-8-4-9(2)12(16-3)10(5-8)7-14-11(15)6-13/h4-5H,6-7H2,1-3H3,(H,14,15). The lowest BCUT2D eigenvalue weighted by atomic mass is 10.1. The van der Waals surface area contributed by atoms with Gasteiger partial charge in [0.05, 0.1) is 7.11 Å². The molecule has 88 valence electrons. The highest BCUT2D eigenvalue weighted by molar-refractivity contribution is 6.27. The second kappa shape index (κ2) is 5.75. The lowest BCUT2D eigenvalue weighted by Gasteiger charge is -2.13. The SMILES string of the molecule is COc1c(C)cc(C)cc1CNC(=O)CCl. The molecule has 0 bridgehead atoms. The molecule has 3 nitrogen and oxygen atoms in total. The average molecular weight is 242 g/mol. The molecule has 0 unspecified atom stereocenters. The van der Waals surface area contributed by atoms with Crippen molar-refractivity contribution in [3.05, 3.63) is 28.8 Å². The highest BCUT2D eigenvalue weighted by atomic mass is 35.5. The number of carbonyl (C=O) groups is 1. The minimum absolute atomic E-state index is 0.0207. The van der Waals surface area contributed by atoms with Crippen molar-refractivity contribution in [2.24, 2.45) is 0 Å². The Hall–Kier alpha value is -1.22. The summed E-state index contributed by atoms with van der Waals surface area (Å²) in [4.78, 5) is 11.1. The first kappa shape index (κ1) is 12.8. The second-order valence-electron chi connectivity index (χ2n) is 3.68. The van der Waals surface area contributed by atoms with Crippen LogP contribution in [0.1, 0.15) is 16.7 Å². The quantitative estimate of drug-likeness (QED) is 0.821. The molecular formula is C12H16ClNO2. The normalized spacial score (nSPS) is 10.0. The van der Waals surface area contributed by atoms with Gasteiger partial charge < -0.3 is 10.1 Å². The lowest BCUT2D eigenvalue weighted by molar-refractivity contribution is -0.118. The van der Waals surface area contributed by atoms with E-state index in [-0.39, 0.29) is 11.8 Å². The van der Waals surface area contributed by atoms with Gasteiger partial charge in [-0.05, 0) is 19.4 Å². The number of aryl methyl sites for hydroxylation is 2. The molecule has 0 heterocycles. The zero-order valence-corrected chi connectivity index (χ0v) is 10.5. The summed E-state index contributed by atoms with van der Waals surface area (Å²) < 4.78 is 5.31. The highest BCUT2D eigenvalue weighted by Gasteiger charge is 2.08. The van der Waals surface area contributed by atoms with E-state index in [4.69, 9.17) is 16.3 Å². The van der Waals surface area contributed by atoms with Gasteiger partial charge in [-0.25, -0.2) is 0 Å². The number of amides is 1. The fraction of sp³-hybridized carbons (Fsp3) is 0.417. The van der Waals surface area contributed by atoms with Crippen molar-refractivity contribution in [1.82, 2.24) is 5.32 Å². The Bertz CT molecular complexity index is 391. The number of methoxy groups -OCH3 is 1. The van der Waals surface area contributed by atoms with Crippen molar-refractivity contribution in [3.63, 3.8) is 0 Å². The van der Waals surface area contributed by atoms with Crippen LogP contribution in [0, 0.1) is 13.8 Å². The maximum atomic E-state index is 11.1. The summed E-state index contributed by atoms with van der Waals surface area (Å²) in [5, 5.41) is 2.73. The smallest absolute Gasteiger partial charge is 0.235 e. The number of rotatable bonds is 4. The van der Waals surface area contributed by atoms with Crippen molar-refractivity contribution < 1.29 is 9.53 Å². The van der Waals surface area contributed by atoms with Gasteiger partial charge in [-0.2, -0.15) is 0 Å². The molecule has 0 saturated heterocycles. The lowest BCUT2D eigenvalue weighted by Crippen LogP contribution is -2.24. The first-order valence-corrected chi connectivity index (χ1v) is 5.58. The fourth-order valence-electron chi connectivity index (χ4n) is 1.71. The Balaban J connectivity index is 2.89. The maximum absolute atomic E-state index is 11.1. The summed E-state index contributed by atoms with van der Waals surface area (Å²) in [6.07, 6.45) is 0. The third-order valence-electron chi connectivity index (χ3n) is 2.30. The molecule has 1 aromatic carbocycles. The summed E-state index contributed by atoms with van der Waals surface area (Å²) in [6, 6.07) is 4.05. The van der Waals surface area contributed by atoms with Crippen LogP contribution < -0.4 is 10.1 Å². The average Bonchev–Trinajstić information content (AvgIpc) is 2.25. The van der Waals surface area contributed by atoms with Gasteiger partial charge in [-0.3, -0.25) is 4.79 Å². The molecule has 1 rings (SSSR count). The highest BCUT2D eigenvalue weighted by Crippen LogP contribution is 2.24. The number of hydrogen-bond acceptors (Lipinski definition) is 2. The predicted molar refractivity (Wildman–Crippen MR) is 65.0 cm³/mol. The van der Waals surface area contributed by atoms with E-state index < -0.39 is 0 Å². The number of carbonyl (C=O) groups excluding carboxylic acids is 1. The van der Waals surface area contributed by atoms with Crippen LogP contribution in [0.3, 0.4) is 0 Å². The Morgan fingerprint density at radius 2 is 2.12 bits per heavy atom. The minimum Gasteiger partial charge on any atom is -0.496 e. The molecule has 0 saturated carbocycles. The maximum Gasteiger partial charge on any atom is 0.235 e. The van der Waals surface area contributed by atoms with Gasteiger partial charge in [-0.1, -0.05) is 17.7 Å². The Labute approximate surface area is 101 Å². The monoisotopic (exact) mass is 241 g/mol. The minimum atomic E-state index is -0.178. The molecule has 4 heteroatoms.